The molecule has 8 heteroatoms. The maximum Gasteiger partial charge on any atom is 0.323 e. The maximum atomic E-state index is 12.5. The molecule has 3 rings (SSSR count). The molecular formula is C19H22ClN3O3S. The van der Waals surface area contributed by atoms with Crippen molar-refractivity contribution < 1.29 is 13.2 Å². The van der Waals surface area contributed by atoms with Gasteiger partial charge in [-0.3, -0.25) is 0 Å². The SMILES string of the molecule is O=C(Nc1ccc(S(=O)(=O)NC2CCCCC2)cc1)Nc1cccc(Cl)c1. The van der Waals surface area contributed by atoms with Crippen LogP contribution in [0.5, 0.6) is 0 Å². The standard InChI is InChI=1S/C19H22ClN3O3S/c20-14-5-4-8-17(13-14)22-19(24)21-15-9-11-18(12-10-15)27(25,26)23-16-6-2-1-3-7-16/h4-5,8-13,16,23H,1-3,6-7H2,(H2,21,22,24). The van der Waals surface area contributed by atoms with E-state index in [0.29, 0.717) is 16.4 Å². The summed E-state index contributed by atoms with van der Waals surface area (Å²) < 4.78 is 27.7. The Morgan fingerprint density at radius 1 is 0.926 bits per heavy atom. The Bertz CT molecular complexity index is 895. The third kappa shape index (κ3) is 5.69. The molecule has 2 aromatic carbocycles. The number of rotatable bonds is 5. The second kappa shape index (κ2) is 8.73. The Labute approximate surface area is 164 Å². The molecule has 1 aliphatic rings. The third-order valence-electron chi connectivity index (χ3n) is 4.43. The average molecular weight is 408 g/mol. The lowest BCUT2D eigenvalue weighted by Gasteiger charge is -2.22. The lowest BCUT2D eigenvalue weighted by Crippen LogP contribution is -2.36. The zero-order valence-electron chi connectivity index (χ0n) is 14.7. The predicted octanol–water partition coefficient (Wildman–Crippen LogP) is 4.60. The summed E-state index contributed by atoms with van der Waals surface area (Å²) in [4.78, 5) is 12.2. The van der Waals surface area contributed by atoms with Crippen molar-refractivity contribution in [3.05, 3.63) is 53.6 Å². The van der Waals surface area contributed by atoms with E-state index in [9.17, 15) is 13.2 Å². The minimum Gasteiger partial charge on any atom is -0.308 e. The molecule has 0 aromatic heterocycles. The molecule has 0 aliphatic heterocycles. The summed E-state index contributed by atoms with van der Waals surface area (Å²) in [7, 11) is -3.55. The third-order valence-corrected chi connectivity index (χ3v) is 6.20. The van der Waals surface area contributed by atoms with Gasteiger partial charge in [0.15, 0.2) is 0 Å². The highest BCUT2D eigenvalue weighted by Gasteiger charge is 2.21. The Kier molecular flexibility index (Phi) is 6.36. The maximum absolute atomic E-state index is 12.5. The van der Waals surface area contributed by atoms with Crippen molar-refractivity contribution in [1.29, 1.82) is 0 Å². The highest BCUT2D eigenvalue weighted by molar-refractivity contribution is 7.89. The fourth-order valence-corrected chi connectivity index (χ4v) is 4.58. The summed E-state index contributed by atoms with van der Waals surface area (Å²) in [6, 6.07) is 12.5. The normalized spacial score (nSPS) is 15.3. The van der Waals surface area contributed by atoms with E-state index in [0.717, 1.165) is 32.1 Å². The van der Waals surface area contributed by atoms with Gasteiger partial charge in [0.05, 0.1) is 4.90 Å². The molecule has 1 saturated carbocycles. The minimum absolute atomic E-state index is 0.00465. The number of carbonyl (C=O) groups is 1. The molecule has 2 amide bonds. The molecule has 3 N–H and O–H groups in total. The molecule has 1 aliphatic carbocycles. The number of hydrogen-bond donors (Lipinski definition) is 3. The van der Waals surface area contributed by atoms with Crippen molar-refractivity contribution in [3.8, 4) is 0 Å². The van der Waals surface area contributed by atoms with E-state index < -0.39 is 16.1 Å². The van der Waals surface area contributed by atoms with Gasteiger partial charge in [-0.05, 0) is 55.3 Å². The number of carbonyl (C=O) groups excluding carboxylic acids is 1. The van der Waals surface area contributed by atoms with E-state index in [2.05, 4.69) is 15.4 Å². The van der Waals surface area contributed by atoms with Crippen LogP contribution in [0.2, 0.25) is 5.02 Å². The lowest BCUT2D eigenvalue weighted by molar-refractivity contribution is 0.262. The van der Waals surface area contributed by atoms with Crippen LogP contribution in [0.1, 0.15) is 32.1 Å². The molecule has 6 nitrogen and oxygen atoms in total. The quantitative estimate of drug-likeness (QED) is 0.677. The van der Waals surface area contributed by atoms with Gasteiger partial charge in [0.2, 0.25) is 10.0 Å². The molecule has 0 spiro atoms. The van der Waals surface area contributed by atoms with E-state index in [-0.39, 0.29) is 10.9 Å². The number of amides is 2. The van der Waals surface area contributed by atoms with Gasteiger partial charge in [-0.2, -0.15) is 0 Å². The summed E-state index contributed by atoms with van der Waals surface area (Å²) in [5, 5.41) is 5.85. The van der Waals surface area contributed by atoms with Gasteiger partial charge >= 0.3 is 6.03 Å². The summed E-state index contributed by atoms with van der Waals surface area (Å²) in [6.07, 6.45) is 5.02. The number of urea groups is 1. The van der Waals surface area contributed by atoms with Gasteiger partial charge in [-0.25, -0.2) is 17.9 Å². The van der Waals surface area contributed by atoms with Crippen LogP contribution in [0.25, 0.3) is 0 Å². The van der Waals surface area contributed by atoms with E-state index >= 15 is 0 Å². The van der Waals surface area contributed by atoms with Crippen molar-refractivity contribution in [1.82, 2.24) is 4.72 Å². The second-order valence-corrected chi connectivity index (χ2v) is 8.72. The Balaban J connectivity index is 1.60. The van der Waals surface area contributed by atoms with Gasteiger partial charge < -0.3 is 10.6 Å². The van der Waals surface area contributed by atoms with Gasteiger partial charge in [0, 0.05) is 22.4 Å². The second-order valence-electron chi connectivity index (χ2n) is 6.57. The van der Waals surface area contributed by atoms with Crippen LogP contribution in [0.15, 0.2) is 53.4 Å². The van der Waals surface area contributed by atoms with Crippen molar-refractivity contribution in [3.63, 3.8) is 0 Å². The van der Waals surface area contributed by atoms with Crippen LogP contribution in [-0.4, -0.2) is 20.5 Å². The molecule has 0 radical (unpaired) electrons. The molecule has 0 saturated heterocycles. The van der Waals surface area contributed by atoms with E-state index in [1.54, 1.807) is 36.4 Å². The smallest absolute Gasteiger partial charge is 0.308 e. The van der Waals surface area contributed by atoms with Gasteiger partial charge in [-0.1, -0.05) is 36.9 Å². The highest BCUT2D eigenvalue weighted by Crippen LogP contribution is 2.21. The van der Waals surface area contributed by atoms with Crippen LogP contribution in [0, 0.1) is 0 Å². The fourth-order valence-electron chi connectivity index (χ4n) is 3.08. The van der Waals surface area contributed by atoms with Crippen molar-refractivity contribution in [2.24, 2.45) is 0 Å². The Morgan fingerprint density at radius 3 is 2.26 bits per heavy atom. The van der Waals surface area contributed by atoms with E-state index in [1.165, 1.54) is 12.1 Å². The zero-order valence-corrected chi connectivity index (χ0v) is 16.3. The number of benzene rings is 2. The topological polar surface area (TPSA) is 87.3 Å². The fraction of sp³-hybridized carbons (Fsp3) is 0.316. The molecule has 2 aromatic rings. The van der Waals surface area contributed by atoms with Crippen LogP contribution >= 0.6 is 11.6 Å². The van der Waals surface area contributed by atoms with Gasteiger partial charge in [0.25, 0.3) is 0 Å². The summed E-state index contributed by atoms with van der Waals surface area (Å²) in [5.41, 5.74) is 1.06. The van der Waals surface area contributed by atoms with Crippen molar-refractivity contribution >= 4 is 39.0 Å². The van der Waals surface area contributed by atoms with Gasteiger partial charge in [0.1, 0.15) is 0 Å². The first-order valence-electron chi connectivity index (χ1n) is 8.88. The summed E-state index contributed by atoms with van der Waals surface area (Å²) >= 11 is 5.88. The lowest BCUT2D eigenvalue weighted by atomic mass is 9.96. The molecule has 1 fully saturated rings. The average Bonchev–Trinajstić information content (AvgIpc) is 2.62. The first kappa shape index (κ1) is 19.7. The van der Waals surface area contributed by atoms with E-state index in [4.69, 9.17) is 11.6 Å². The van der Waals surface area contributed by atoms with Crippen LogP contribution in [0.3, 0.4) is 0 Å². The number of sulfonamides is 1. The molecule has 0 atom stereocenters. The molecule has 27 heavy (non-hydrogen) atoms. The van der Waals surface area contributed by atoms with Crippen molar-refractivity contribution in [2.75, 3.05) is 10.6 Å². The van der Waals surface area contributed by atoms with Crippen LogP contribution in [-0.2, 0) is 10.0 Å². The summed E-state index contributed by atoms with van der Waals surface area (Å²) in [6.45, 7) is 0. The van der Waals surface area contributed by atoms with Crippen LogP contribution < -0.4 is 15.4 Å². The molecule has 0 heterocycles. The highest BCUT2D eigenvalue weighted by atomic mass is 35.5. The zero-order chi connectivity index (χ0) is 19.3. The minimum atomic E-state index is -3.55. The first-order chi connectivity index (χ1) is 12.9. The molecular weight excluding hydrogens is 386 g/mol. The number of hydrogen-bond acceptors (Lipinski definition) is 3. The molecule has 0 bridgehead atoms. The largest absolute Gasteiger partial charge is 0.323 e. The monoisotopic (exact) mass is 407 g/mol. The number of nitrogens with one attached hydrogen (secondary N) is 3. The predicted molar refractivity (Wildman–Crippen MR) is 108 cm³/mol. The molecule has 0 unspecified atom stereocenters. The Morgan fingerprint density at radius 2 is 1.59 bits per heavy atom. The van der Waals surface area contributed by atoms with E-state index in [1.807, 2.05) is 0 Å². The Hall–Kier alpha value is -2.09. The number of anilines is 2. The first-order valence-corrected chi connectivity index (χ1v) is 10.7. The van der Waals surface area contributed by atoms with Crippen LogP contribution in [0.4, 0.5) is 16.2 Å². The number of halogens is 1. The van der Waals surface area contributed by atoms with Crippen molar-refractivity contribution in [2.45, 2.75) is 43.0 Å². The van der Waals surface area contributed by atoms with Gasteiger partial charge in [-0.15, -0.1) is 0 Å². The molecule has 144 valence electrons. The summed E-state index contributed by atoms with van der Waals surface area (Å²) in [5.74, 6) is 0.